The molecule has 1 amide bonds. The predicted molar refractivity (Wildman–Crippen MR) is 101 cm³/mol. The number of carbonyl (C=O) groups is 4. The third-order valence-electron chi connectivity index (χ3n) is 4.31. The van der Waals surface area contributed by atoms with Gasteiger partial charge >= 0.3 is 5.97 Å². The van der Waals surface area contributed by atoms with Crippen molar-refractivity contribution in [2.45, 2.75) is 33.1 Å². The molecule has 27 heavy (non-hydrogen) atoms. The summed E-state index contributed by atoms with van der Waals surface area (Å²) in [6.45, 7) is 3.42. The van der Waals surface area contributed by atoms with E-state index in [4.69, 9.17) is 4.74 Å². The first-order chi connectivity index (χ1) is 12.8. The first-order valence-electron chi connectivity index (χ1n) is 8.55. The van der Waals surface area contributed by atoms with Gasteiger partial charge in [-0.25, -0.2) is 0 Å². The molecule has 0 fully saturated rings. The van der Waals surface area contributed by atoms with Crippen LogP contribution in [0.1, 0.15) is 48.9 Å². The molecule has 1 N–H and O–H groups in total. The van der Waals surface area contributed by atoms with E-state index < -0.39 is 5.97 Å². The van der Waals surface area contributed by atoms with Gasteiger partial charge < -0.3 is 10.1 Å². The van der Waals surface area contributed by atoms with Crippen molar-refractivity contribution < 1.29 is 23.9 Å². The zero-order valence-corrected chi connectivity index (χ0v) is 15.9. The van der Waals surface area contributed by atoms with Gasteiger partial charge in [-0.1, -0.05) is 0 Å². The van der Waals surface area contributed by atoms with Crippen LogP contribution in [0.3, 0.4) is 0 Å². The summed E-state index contributed by atoms with van der Waals surface area (Å²) in [5.41, 5.74) is 2.48. The lowest BCUT2D eigenvalue weighted by Crippen LogP contribution is -2.15. The molecular weight excluding hydrogens is 366 g/mol. The number of hydrogen-bond donors (Lipinski definition) is 1. The summed E-state index contributed by atoms with van der Waals surface area (Å²) in [6.07, 6.45) is 0.222. The fourth-order valence-corrected chi connectivity index (χ4v) is 3.90. The highest BCUT2D eigenvalue weighted by molar-refractivity contribution is 7.12. The van der Waals surface area contributed by atoms with Crippen molar-refractivity contribution in [1.29, 1.82) is 0 Å². The number of thiophene rings is 1. The van der Waals surface area contributed by atoms with E-state index in [-0.39, 0.29) is 43.3 Å². The molecule has 0 unspecified atom stereocenters. The largest absolute Gasteiger partial charge is 0.457 e. The Bertz CT molecular complexity index is 944. The second-order valence-electron chi connectivity index (χ2n) is 6.43. The highest BCUT2D eigenvalue weighted by atomic mass is 32.1. The number of fused-ring (bicyclic) bond motifs is 1. The molecule has 1 aliphatic rings. The number of amides is 1. The van der Waals surface area contributed by atoms with Crippen molar-refractivity contribution in [3.8, 4) is 0 Å². The molecule has 2 aromatic rings. The van der Waals surface area contributed by atoms with Gasteiger partial charge in [-0.05, 0) is 43.7 Å². The number of Topliss-reactive ketones (excluding diaryl/α,β-unsaturated/α-hetero) is 2. The molecule has 7 heteroatoms. The molecule has 0 aliphatic carbocycles. The zero-order chi connectivity index (χ0) is 19.6. The first-order valence-corrected chi connectivity index (χ1v) is 9.37. The molecule has 6 nitrogen and oxygen atoms in total. The fourth-order valence-electron chi connectivity index (χ4n) is 2.96. The maximum Gasteiger partial charge on any atom is 0.306 e. The number of aryl methyl sites for hydroxylation is 2. The molecule has 0 bridgehead atoms. The van der Waals surface area contributed by atoms with E-state index in [1.54, 1.807) is 29.5 Å². The Morgan fingerprint density at radius 2 is 1.89 bits per heavy atom. The van der Waals surface area contributed by atoms with E-state index >= 15 is 0 Å². The second-order valence-corrected chi connectivity index (χ2v) is 7.89. The van der Waals surface area contributed by atoms with Gasteiger partial charge in [-0.2, -0.15) is 0 Å². The Balaban J connectivity index is 1.48. The molecule has 0 saturated carbocycles. The second kappa shape index (κ2) is 7.84. The average Bonchev–Trinajstić information content (AvgIpc) is 3.17. The quantitative estimate of drug-likeness (QED) is 0.584. The van der Waals surface area contributed by atoms with Crippen molar-refractivity contribution in [2.75, 3.05) is 11.9 Å². The Labute approximate surface area is 160 Å². The van der Waals surface area contributed by atoms with Crippen LogP contribution in [0.15, 0.2) is 24.3 Å². The molecule has 2 heterocycles. The molecule has 0 saturated heterocycles. The Morgan fingerprint density at radius 1 is 1.11 bits per heavy atom. The number of ketones is 2. The number of nitrogens with one attached hydrogen (secondary N) is 1. The SMILES string of the molecule is Cc1cc(C(=O)CCC(=O)OCC(=O)c2ccc3c(c2)CC(=O)N3)c(C)s1. The van der Waals surface area contributed by atoms with E-state index in [1.165, 1.54) is 0 Å². The van der Waals surface area contributed by atoms with Crippen LogP contribution in [-0.4, -0.2) is 30.0 Å². The van der Waals surface area contributed by atoms with Gasteiger partial charge in [0.25, 0.3) is 0 Å². The van der Waals surface area contributed by atoms with Gasteiger partial charge in [0.2, 0.25) is 5.91 Å². The van der Waals surface area contributed by atoms with E-state index in [0.29, 0.717) is 16.8 Å². The van der Waals surface area contributed by atoms with Crippen molar-refractivity contribution >= 4 is 40.5 Å². The van der Waals surface area contributed by atoms with Crippen LogP contribution in [-0.2, 0) is 20.7 Å². The fraction of sp³-hybridized carbons (Fsp3) is 0.300. The maximum atomic E-state index is 12.2. The Kier molecular flexibility index (Phi) is 5.51. The predicted octanol–water partition coefficient (Wildman–Crippen LogP) is 3.25. The molecular formula is C20H19NO5S. The highest BCUT2D eigenvalue weighted by Gasteiger charge is 2.20. The molecule has 1 aliphatic heterocycles. The number of hydrogen-bond acceptors (Lipinski definition) is 6. The topological polar surface area (TPSA) is 89.5 Å². The number of esters is 1. The van der Waals surface area contributed by atoms with Crippen molar-refractivity contribution in [3.63, 3.8) is 0 Å². The summed E-state index contributed by atoms with van der Waals surface area (Å²) in [4.78, 5) is 49.6. The molecule has 3 rings (SSSR count). The summed E-state index contributed by atoms with van der Waals surface area (Å²) in [5, 5.41) is 2.69. The summed E-state index contributed by atoms with van der Waals surface area (Å²) >= 11 is 1.54. The molecule has 0 spiro atoms. The zero-order valence-electron chi connectivity index (χ0n) is 15.1. The van der Waals surface area contributed by atoms with Gasteiger partial charge in [-0.3, -0.25) is 19.2 Å². The third-order valence-corrected chi connectivity index (χ3v) is 5.28. The smallest absolute Gasteiger partial charge is 0.306 e. The highest BCUT2D eigenvalue weighted by Crippen LogP contribution is 2.24. The molecule has 140 valence electrons. The minimum atomic E-state index is -0.584. The first kappa shape index (κ1) is 19.0. The molecule has 1 aromatic carbocycles. The summed E-state index contributed by atoms with van der Waals surface area (Å²) in [6, 6.07) is 6.71. The van der Waals surface area contributed by atoms with Gasteiger partial charge in [0.05, 0.1) is 12.8 Å². The lowest BCUT2D eigenvalue weighted by Gasteiger charge is -2.06. The van der Waals surface area contributed by atoms with Gasteiger partial charge in [0.1, 0.15) is 0 Å². The molecule has 0 atom stereocenters. The summed E-state index contributed by atoms with van der Waals surface area (Å²) < 4.78 is 5.00. The van der Waals surface area contributed by atoms with Crippen LogP contribution >= 0.6 is 11.3 Å². The average molecular weight is 385 g/mol. The molecule has 0 radical (unpaired) electrons. The van der Waals surface area contributed by atoms with Crippen LogP contribution in [0.25, 0.3) is 0 Å². The van der Waals surface area contributed by atoms with Crippen LogP contribution < -0.4 is 5.32 Å². The number of ether oxygens (including phenoxy) is 1. The Morgan fingerprint density at radius 3 is 2.59 bits per heavy atom. The number of anilines is 1. The number of carbonyl (C=O) groups excluding carboxylic acids is 4. The summed E-state index contributed by atoms with van der Waals surface area (Å²) in [5.74, 6) is -1.14. The number of benzene rings is 1. The summed E-state index contributed by atoms with van der Waals surface area (Å²) in [7, 11) is 0. The van der Waals surface area contributed by atoms with E-state index in [0.717, 1.165) is 15.3 Å². The van der Waals surface area contributed by atoms with Crippen LogP contribution in [0.5, 0.6) is 0 Å². The minimum absolute atomic E-state index is 0.0522. The van der Waals surface area contributed by atoms with Crippen molar-refractivity contribution in [1.82, 2.24) is 0 Å². The number of rotatable bonds is 7. The Hall–Kier alpha value is -2.80. The van der Waals surface area contributed by atoms with E-state index in [1.807, 2.05) is 19.9 Å². The van der Waals surface area contributed by atoms with E-state index in [2.05, 4.69) is 5.32 Å². The van der Waals surface area contributed by atoms with E-state index in [9.17, 15) is 19.2 Å². The lowest BCUT2D eigenvalue weighted by molar-refractivity contribution is -0.142. The van der Waals surface area contributed by atoms with Crippen LogP contribution in [0.2, 0.25) is 0 Å². The van der Waals surface area contributed by atoms with Gasteiger partial charge in [-0.15, -0.1) is 11.3 Å². The van der Waals surface area contributed by atoms with Crippen molar-refractivity contribution in [3.05, 3.63) is 50.7 Å². The standard InChI is InChI=1S/C20H19NO5S/c1-11-7-15(12(2)27-11)17(22)5-6-20(25)26-10-18(23)13-3-4-16-14(8-13)9-19(24)21-16/h3-4,7-8H,5-6,9-10H2,1-2H3,(H,21,24). The van der Waals surface area contributed by atoms with Crippen LogP contribution in [0.4, 0.5) is 5.69 Å². The van der Waals surface area contributed by atoms with Gasteiger partial charge in [0, 0.05) is 33.0 Å². The third kappa shape index (κ3) is 4.49. The van der Waals surface area contributed by atoms with Crippen LogP contribution in [0, 0.1) is 13.8 Å². The normalized spacial score (nSPS) is 12.4. The molecule has 1 aromatic heterocycles. The minimum Gasteiger partial charge on any atom is -0.457 e. The lowest BCUT2D eigenvalue weighted by atomic mass is 10.1. The maximum absolute atomic E-state index is 12.2. The van der Waals surface area contributed by atoms with Gasteiger partial charge in [0.15, 0.2) is 18.2 Å². The van der Waals surface area contributed by atoms with Crippen molar-refractivity contribution in [2.24, 2.45) is 0 Å². The monoisotopic (exact) mass is 385 g/mol.